The molecule has 0 bridgehead atoms. The van der Waals surface area contributed by atoms with E-state index in [1.54, 1.807) is 0 Å². The molecule has 0 N–H and O–H groups in total. The van der Waals surface area contributed by atoms with Gasteiger partial charge in [-0.2, -0.15) is 0 Å². The standard InChI is InChI=1S/C22H28F2N2O2/c23-19-11-16(12-20(24)13-19)10-15-4-7-26(14-15)22(28)18-5-8-25(9-6-18)21(27)17-2-1-3-17/h11-13,15,17-18H,1-10,14H2. The van der Waals surface area contributed by atoms with Crippen molar-refractivity contribution in [2.45, 2.75) is 44.9 Å². The summed E-state index contributed by atoms with van der Waals surface area (Å²) in [5.41, 5.74) is 0.652. The molecule has 0 spiro atoms. The van der Waals surface area contributed by atoms with Gasteiger partial charge in [0.05, 0.1) is 0 Å². The predicted octanol–water partition coefficient (Wildman–Crippen LogP) is 3.39. The average molecular weight is 390 g/mol. The van der Waals surface area contributed by atoms with Crippen LogP contribution in [0.25, 0.3) is 0 Å². The molecule has 0 aromatic heterocycles. The van der Waals surface area contributed by atoms with Crippen molar-refractivity contribution in [3.05, 3.63) is 35.4 Å². The largest absolute Gasteiger partial charge is 0.342 e. The molecule has 3 fully saturated rings. The van der Waals surface area contributed by atoms with Crippen LogP contribution in [-0.2, 0) is 16.0 Å². The van der Waals surface area contributed by atoms with Crippen molar-refractivity contribution in [2.24, 2.45) is 17.8 Å². The van der Waals surface area contributed by atoms with Gasteiger partial charge in [-0.05, 0) is 62.1 Å². The van der Waals surface area contributed by atoms with Crippen molar-refractivity contribution in [1.82, 2.24) is 9.80 Å². The van der Waals surface area contributed by atoms with Gasteiger partial charge in [0.2, 0.25) is 11.8 Å². The van der Waals surface area contributed by atoms with Crippen molar-refractivity contribution in [1.29, 1.82) is 0 Å². The number of carbonyl (C=O) groups excluding carboxylic acids is 2. The van der Waals surface area contributed by atoms with Gasteiger partial charge >= 0.3 is 0 Å². The fraction of sp³-hybridized carbons (Fsp3) is 0.636. The molecule has 4 rings (SSSR count). The maximum atomic E-state index is 13.4. The third-order valence-electron chi connectivity index (χ3n) is 6.65. The molecular formula is C22H28F2N2O2. The van der Waals surface area contributed by atoms with E-state index in [1.165, 1.54) is 12.1 Å². The highest BCUT2D eigenvalue weighted by atomic mass is 19.1. The first-order valence-electron chi connectivity index (χ1n) is 10.5. The number of nitrogens with zero attached hydrogens (tertiary/aromatic N) is 2. The van der Waals surface area contributed by atoms with E-state index in [9.17, 15) is 18.4 Å². The molecule has 2 heterocycles. The number of hydrogen-bond donors (Lipinski definition) is 0. The molecule has 1 saturated carbocycles. The van der Waals surface area contributed by atoms with Crippen LogP contribution in [-0.4, -0.2) is 47.8 Å². The van der Waals surface area contributed by atoms with Crippen molar-refractivity contribution < 1.29 is 18.4 Å². The topological polar surface area (TPSA) is 40.6 Å². The first kappa shape index (κ1) is 19.3. The Morgan fingerprint density at radius 3 is 2.00 bits per heavy atom. The van der Waals surface area contributed by atoms with Crippen LogP contribution in [0.2, 0.25) is 0 Å². The smallest absolute Gasteiger partial charge is 0.225 e. The molecule has 2 saturated heterocycles. The fourth-order valence-electron chi connectivity index (χ4n) is 4.78. The molecule has 4 nitrogen and oxygen atoms in total. The van der Waals surface area contributed by atoms with Gasteiger partial charge in [-0.1, -0.05) is 6.42 Å². The van der Waals surface area contributed by atoms with E-state index in [4.69, 9.17) is 0 Å². The molecular weight excluding hydrogens is 362 g/mol. The summed E-state index contributed by atoms with van der Waals surface area (Å²) in [6.45, 7) is 2.73. The van der Waals surface area contributed by atoms with Crippen LogP contribution in [0.1, 0.15) is 44.1 Å². The zero-order valence-corrected chi connectivity index (χ0v) is 16.2. The Morgan fingerprint density at radius 2 is 1.39 bits per heavy atom. The Hall–Kier alpha value is -1.98. The number of benzene rings is 1. The molecule has 1 unspecified atom stereocenters. The van der Waals surface area contributed by atoms with Crippen molar-refractivity contribution in [3.8, 4) is 0 Å². The minimum Gasteiger partial charge on any atom is -0.342 e. The van der Waals surface area contributed by atoms with Gasteiger partial charge in [0.1, 0.15) is 11.6 Å². The number of carbonyl (C=O) groups is 2. The van der Waals surface area contributed by atoms with Crippen LogP contribution in [0.4, 0.5) is 8.78 Å². The third-order valence-corrected chi connectivity index (χ3v) is 6.65. The Balaban J connectivity index is 1.26. The van der Waals surface area contributed by atoms with Crippen molar-refractivity contribution >= 4 is 11.8 Å². The molecule has 1 aliphatic carbocycles. The number of halogens is 2. The van der Waals surface area contributed by atoms with Crippen LogP contribution >= 0.6 is 0 Å². The number of hydrogen-bond acceptors (Lipinski definition) is 2. The Bertz CT molecular complexity index is 722. The van der Waals surface area contributed by atoms with Gasteiger partial charge in [-0.25, -0.2) is 8.78 Å². The molecule has 1 aromatic rings. The first-order valence-corrected chi connectivity index (χ1v) is 10.5. The van der Waals surface area contributed by atoms with Crippen LogP contribution in [0.15, 0.2) is 18.2 Å². The van der Waals surface area contributed by atoms with Gasteiger partial charge in [-0.15, -0.1) is 0 Å². The molecule has 2 aliphatic heterocycles. The minimum atomic E-state index is -0.552. The van der Waals surface area contributed by atoms with Gasteiger partial charge in [-0.3, -0.25) is 9.59 Å². The summed E-state index contributed by atoms with van der Waals surface area (Å²) < 4.78 is 26.8. The van der Waals surface area contributed by atoms with E-state index in [-0.39, 0.29) is 29.6 Å². The first-order chi connectivity index (χ1) is 13.5. The van der Waals surface area contributed by atoms with E-state index >= 15 is 0 Å². The van der Waals surface area contributed by atoms with Crippen molar-refractivity contribution in [3.63, 3.8) is 0 Å². The maximum Gasteiger partial charge on any atom is 0.225 e. The normalized spacial score (nSPS) is 23.7. The van der Waals surface area contributed by atoms with Crippen LogP contribution in [0.5, 0.6) is 0 Å². The van der Waals surface area contributed by atoms with Gasteiger partial charge in [0, 0.05) is 44.1 Å². The van der Waals surface area contributed by atoms with E-state index < -0.39 is 11.6 Å². The van der Waals surface area contributed by atoms with Crippen LogP contribution < -0.4 is 0 Å². The van der Waals surface area contributed by atoms with Crippen LogP contribution in [0.3, 0.4) is 0 Å². The third kappa shape index (κ3) is 4.20. The minimum absolute atomic E-state index is 0.00388. The Morgan fingerprint density at radius 1 is 0.821 bits per heavy atom. The zero-order chi connectivity index (χ0) is 19.7. The van der Waals surface area contributed by atoms with Gasteiger partial charge < -0.3 is 9.80 Å². The monoisotopic (exact) mass is 390 g/mol. The summed E-state index contributed by atoms with van der Waals surface area (Å²) in [6, 6.07) is 3.64. The average Bonchev–Trinajstić information content (AvgIpc) is 3.07. The van der Waals surface area contributed by atoms with Crippen LogP contribution in [0, 0.1) is 29.4 Å². The lowest BCUT2D eigenvalue weighted by Crippen LogP contribution is -2.46. The van der Waals surface area contributed by atoms with E-state index in [1.807, 2.05) is 9.80 Å². The number of amides is 2. The molecule has 1 atom stereocenters. The number of likely N-dealkylation sites (tertiary alicyclic amines) is 2. The van der Waals surface area contributed by atoms with Gasteiger partial charge in [0.15, 0.2) is 0 Å². The summed E-state index contributed by atoms with van der Waals surface area (Å²) in [7, 11) is 0. The summed E-state index contributed by atoms with van der Waals surface area (Å²) in [4.78, 5) is 29.1. The highest BCUT2D eigenvalue weighted by Crippen LogP contribution is 2.31. The zero-order valence-electron chi connectivity index (χ0n) is 16.2. The molecule has 152 valence electrons. The maximum absolute atomic E-state index is 13.4. The second-order valence-corrected chi connectivity index (χ2v) is 8.65. The van der Waals surface area contributed by atoms with E-state index in [0.29, 0.717) is 38.2 Å². The lowest BCUT2D eigenvalue weighted by molar-refractivity contribution is -0.143. The number of rotatable bonds is 4. The lowest BCUT2D eigenvalue weighted by atomic mass is 9.83. The quantitative estimate of drug-likeness (QED) is 0.791. The SMILES string of the molecule is O=C(C1CCC1)N1CCC(C(=O)N2CCC(Cc3cc(F)cc(F)c3)C2)CC1. The molecule has 3 aliphatic rings. The number of piperidine rings is 1. The van der Waals surface area contributed by atoms with E-state index in [2.05, 4.69) is 0 Å². The summed E-state index contributed by atoms with van der Waals surface area (Å²) in [6.07, 6.45) is 6.13. The molecule has 6 heteroatoms. The fourth-order valence-corrected chi connectivity index (χ4v) is 4.78. The lowest BCUT2D eigenvalue weighted by Gasteiger charge is -2.37. The highest BCUT2D eigenvalue weighted by Gasteiger charge is 2.36. The second kappa shape index (κ2) is 8.18. The van der Waals surface area contributed by atoms with E-state index in [0.717, 1.165) is 44.6 Å². The molecule has 2 amide bonds. The summed E-state index contributed by atoms with van der Waals surface area (Å²) in [5.74, 6) is -0.182. The molecule has 28 heavy (non-hydrogen) atoms. The van der Waals surface area contributed by atoms with Gasteiger partial charge in [0.25, 0.3) is 0 Å². The Kier molecular flexibility index (Phi) is 5.65. The predicted molar refractivity (Wildman–Crippen MR) is 101 cm³/mol. The summed E-state index contributed by atoms with van der Waals surface area (Å²) in [5, 5.41) is 0. The highest BCUT2D eigenvalue weighted by molar-refractivity contribution is 5.81. The summed E-state index contributed by atoms with van der Waals surface area (Å²) >= 11 is 0. The molecule has 1 aromatic carbocycles. The van der Waals surface area contributed by atoms with Crippen molar-refractivity contribution in [2.75, 3.05) is 26.2 Å². The second-order valence-electron chi connectivity index (χ2n) is 8.65. The Labute approximate surface area is 164 Å². The molecule has 0 radical (unpaired) electrons.